The molecule has 2 aromatic rings. The van der Waals surface area contributed by atoms with Gasteiger partial charge in [0.15, 0.2) is 11.4 Å². The van der Waals surface area contributed by atoms with E-state index in [9.17, 15) is 0 Å². The molecule has 0 N–H and O–H groups in total. The molecule has 1 aromatic carbocycles. The van der Waals surface area contributed by atoms with Gasteiger partial charge in [0.25, 0.3) is 0 Å². The Kier molecular flexibility index (Phi) is 4.34. The number of aryl methyl sites for hydroxylation is 2. The number of rotatable bonds is 1. The summed E-state index contributed by atoms with van der Waals surface area (Å²) in [4.78, 5) is 0. The van der Waals surface area contributed by atoms with Gasteiger partial charge < -0.3 is 12.4 Å². The highest BCUT2D eigenvalue weighted by Crippen LogP contribution is 2.11. The first-order valence-corrected chi connectivity index (χ1v) is 5.30. The van der Waals surface area contributed by atoms with Crippen LogP contribution in [0.5, 0.6) is 0 Å². The molecule has 0 bridgehead atoms. The highest BCUT2D eigenvalue weighted by Gasteiger charge is 2.14. The van der Waals surface area contributed by atoms with E-state index in [0.29, 0.717) is 0 Å². The van der Waals surface area contributed by atoms with E-state index in [1.165, 1.54) is 5.69 Å². The summed E-state index contributed by atoms with van der Waals surface area (Å²) in [6, 6.07) is 14.2. The van der Waals surface area contributed by atoms with Gasteiger partial charge in [-0.3, -0.25) is 0 Å². The summed E-state index contributed by atoms with van der Waals surface area (Å²) in [5, 5.41) is 0.789. The third-order valence-electron chi connectivity index (χ3n) is 2.41. The van der Waals surface area contributed by atoms with Crippen LogP contribution in [0.2, 0.25) is 5.02 Å². The monoisotopic (exact) mass is 253 g/mol. The summed E-state index contributed by atoms with van der Waals surface area (Å²) >= 11 is 6.00. The van der Waals surface area contributed by atoms with Gasteiger partial charge in [-0.05, 0) is 0 Å². The van der Waals surface area contributed by atoms with E-state index in [4.69, 9.17) is 11.6 Å². The van der Waals surface area contributed by atoms with Gasteiger partial charge in [0.1, 0.15) is 0 Å². The highest BCUT2D eigenvalue weighted by molar-refractivity contribution is 6.30. The second-order valence-corrected chi connectivity index (χ2v) is 4.06. The molecular formula is C13H13Cl2N. The summed E-state index contributed by atoms with van der Waals surface area (Å²) in [7, 11) is 0. The molecule has 0 aliphatic heterocycles. The van der Waals surface area contributed by atoms with Crippen molar-refractivity contribution in [1.29, 1.82) is 0 Å². The van der Waals surface area contributed by atoms with Crippen molar-refractivity contribution in [3.8, 4) is 5.69 Å². The predicted molar refractivity (Wildman–Crippen MR) is 62.5 cm³/mol. The molecule has 1 aromatic heterocycles. The van der Waals surface area contributed by atoms with Crippen LogP contribution in [-0.4, -0.2) is 0 Å². The minimum absolute atomic E-state index is 0. The molecule has 0 unspecified atom stereocenters. The predicted octanol–water partition coefficient (Wildman–Crippen LogP) is 0.238. The fourth-order valence-corrected chi connectivity index (χ4v) is 2.15. The molecule has 0 atom stereocenters. The number of pyridine rings is 1. The zero-order chi connectivity index (χ0) is 10.8. The summed E-state index contributed by atoms with van der Waals surface area (Å²) in [5.74, 6) is 0. The molecule has 3 heteroatoms. The number of aromatic nitrogens is 1. The van der Waals surface area contributed by atoms with Crippen LogP contribution in [-0.2, 0) is 0 Å². The van der Waals surface area contributed by atoms with E-state index >= 15 is 0 Å². The van der Waals surface area contributed by atoms with Gasteiger partial charge in [0, 0.05) is 38.1 Å². The van der Waals surface area contributed by atoms with Crippen LogP contribution in [0, 0.1) is 13.8 Å². The first kappa shape index (κ1) is 13.0. The summed E-state index contributed by atoms with van der Waals surface area (Å²) in [6.45, 7) is 4.12. The third-order valence-corrected chi connectivity index (χ3v) is 2.63. The lowest BCUT2D eigenvalue weighted by Crippen LogP contribution is -3.00. The van der Waals surface area contributed by atoms with Crippen molar-refractivity contribution in [1.82, 2.24) is 0 Å². The van der Waals surface area contributed by atoms with Crippen LogP contribution in [0.3, 0.4) is 0 Å². The van der Waals surface area contributed by atoms with Crippen LogP contribution in [0.15, 0.2) is 42.5 Å². The van der Waals surface area contributed by atoms with Gasteiger partial charge in [-0.15, -0.1) is 0 Å². The normalized spacial score (nSPS) is 9.69. The van der Waals surface area contributed by atoms with Gasteiger partial charge in [-0.2, -0.15) is 4.57 Å². The Labute approximate surface area is 107 Å². The van der Waals surface area contributed by atoms with E-state index in [1.54, 1.807) is 0 Å². The Bertz CT molecular complexity index is 458. The number of para-hydroxylation sites is 1. The molecule has 1 heterocycles. The number of benzene rings is 1. The number of nitrogens with zero attached hydrogens (tertiary/aromatic N) is 1. The van der Waals surface area contributed by atoms with Crippen LogP contribution < -0.4 is 17.0 Å². The van der Waals surface area contributed by atoms with Crippen molar-refractivity contribution in [3.05, 3.63) is 58.9 Å². The molecule has 0 aliphatic rings. The van der Waals surface area contributed by atoms with Crippen molar-refractivity contribution < 1.29 is 17.0 Å². The largest absolute Gasteiger partial charge is 1.00 e. The lowest BCUT2D eigenvalue weighted by Gasteiger charge is -2.03. The topological polar surface area (TPSA) is 3.88 Å². The molecule has 0 saturated heterocycles. The molecular weight excluding hydrogens is 241 g/mol. The van der Waals surface area contributed by atoms with E-state index in [0.717, 1.165) is 16.4 Å². The SMILES string of the molecule is Cc1cc(Cl)cc(C)[n+]1-c1ccccc1.[Cl-]. The van der Waals surface area contributed by atoms with E-state index in [2.05, 4.69) is 30.5 Å². The molecule has 0 amide bonds. The summed E-state index contributed by atoms with van der Waals surface area (Å²) in [6.07, 6.45) is 0. The van der Waals surface area contributed by atoms with Crippen molar-refractivity contribution in [2.45, 2.75) is 13.8 Å². The zero-order valence-corrected chi connectivity index (χ0v) is 10.8. The van der Waals surface area contributed by atoms with Crippen LogP contribution in [0.4, 0.5) is 0 Å². The fourth-order valence-electron chi connectivity index (χ4n) is 1.83. The molecule has 0 fully saturated rings. The molecule has 0 aliphatic carbocycles. The summed E-state index contributed by atoms with van der Waals surface area (Å²) < 4.78 is 2.19. The number of halogens is 2. The van der Waals surface area contributed by atoms with Crippen molar-refractivity contribution in [2.75, 3.05) is 0 Å². The molecule has 1 nitrogen and oxygen atoms in total. The second-order valence-electron chi connectivity index (χ2n) is 3.63. The third kappa shape index (κ3) is 2.55. The Hall–Kier alpha value is -1.05. The average Bonchev–Trinajstić information content (AvgIpc) is 2.17. The molecule has 16 heavy (non-hydrogen) atoms. The van der Waals surface area contributed by atoms with Gasteiger partial charge in [-0.25, -0.2) is 0 Å². The van der Waals surface area contributed by atoms with Gasteiger partial charge >= 0.3 is 0 Å². The Morgan fingerprint density at radius 1 is 0.938 bits per heavy atom. The lowest BCUT2D eigenvalue weighted by molar-refractivity contribution is -0.609. The average molecular weight is 254 g/mol. The van der Waals surface area contributed by atoms with Crippen molar-refractivity contribution in [2.24, 2.45) is 0 Å². The van der Waals surface area contributed by atoms with Gasteiger partial charge in [0.2, 0.25) is 5.69 Å². The Morgan fingerprint density at radius 3 is 1.94 bits per heavy atom. The van der Waals surface area contributed by atoms with E-state index < -0.39 is 0 Å². The molecule has 84 valence electrons. The maximum absolute atomic E-state index is 6.00. The number of hydrogen-bond donors (Lipinski definition) is 0. The highest BCUT2D eigenvalue weighted by atomic mass is 35.5. The summed E-state index contributed by atoms with van der Waals surface area (Å²) in [5.41, 5.74) is 3.46. The van der Waals surface area contributed by atoms with E-state index in [-0.39, 0.29) is 12.4 Å². The smallest absolute Gasteiger partial charge is 0.211 e. The zero-order valence-electron chi connectivity index (χ0n) is 9.24. The minimum atomic E-state index is 0. The maximum Gasteiger partial charge on any atom is 0.211 e. The lowest BCUT2D eigenvalue weighted by atomic mass is 10.2. The minimum Gasteiger partial charge on any atom is -1.00 e. The van der Waals surface area contributed by atoms with Crippen LogP contribution >= 0.6 is 11.6 Å². The second kappa shape index (κ2) is 5.33. The Morgan fingerprint density at radius 2 is 1.44 bits per heavy atom. The van der Waals surface area contributed by atoms with Gasteiger partial charge in [-0.1, -0.05) is 29.8 Å². The van der Waals surface area contributed by atoms with Crippen LogP contribution in [0.1, 0.15) is 11.4 Å². The van der Waals surface area contributed by atoms with Crippen molar-refractivity contribution in [3.63, 3.8) is 0 Å². The molecule has 0 radical (unpaired) electrons. The van der Waals surface area contributed by atoms with Crippen molar-refractivity contribution >= 4 is 11.6 Å². The van der Waals surface area contributed by atoms with Crippen LogP contribution in [0.25, 0.3) is 5.69 Å². The Balaban J connectivity index is 0.00000128. The van der Waals surface area contributed by atoms with Gasteiger partial charge in [0.05, 0.1) is 5.02 Å². The quantitative estimate of drug-likeness (QED) is 0.642. The first-order valence-electron chi connectivity index (χ1n) is 4.93. The van der Waals surface area contributed by atoms with E-state index in [1.807, 2.05) is 30.3 Å². The molecule has 0 spiro atoms. The molecule has 2 rings (SSSR count). The molecule has 0 saturated carbocycles. The number of hydrogen-bond acceptors (Lipinski definition) is 0. The maximum atomic E-state index is 6.00. The first-order chi connectivity index (χ1) is 7.18. The standard InChI is InChI=1S/C13H13ClN.ClH/c1-10-8-12(14)9-11(2)15(10)13-6-4-3-5-7-13;/h3-9H,1-2H3;1H/q+1;/p-1. The fraction of sp³-hybridized carbons (Fsp3) is 0.154.